The van der Waals surface area contributed by atoms with Gasteiger partial charge in [0, 0.05) is 32.2 Å². The highest BCUT2D eigenvalue weighted by atomic mass is 32.2. The molecule has 0 radical (unpaired) electrons. The van der Waals surface area contributed by atoms with Gasteiger partial charge in [0.2, 0.25) is 10.0 Å². The average molecular weight is 439 g/mol. The number of carboxylic acids is 1. The van der Waals surface area contributed by atoms with Gasteiger partial charge in [0.1, 0.15) is 0 Å². The largest absolute Gasteiger partial charge is 0.481 e. The highest BCUT2D eigenvalue weighted by Gasteiger charge is 2.32. The zero-order valence-corrected chi connectivity index (χ0v) is 18.0. The van der Waals surface area contributed by atoms with E-state index in [2.05, 4.69) is 4.90 Å². The number of benzene rings is 3. The molecule has 1 heterocycles. The molecule has 1 unspecified atom stereocenters. The van der Waals surface area contributed by atoms with E-state index < -0.39 is 16.0 Å². The van der Waals surface area contributed by atoms with Crippen molar-refractivity contribution in [2.45, 2.75) is 23.8 Å². The van der Waals surface area contributed by atoms with Gasteiger partial charge in [0.15, 0.2) is 0 Å². The summed E-state index contributed by atoms with van der Waals surface area (Å²) in [5, 5.41) is 11.3. The fraction of sp³-hybridized carbons (Fsp3) is 0.292. The van der Waals surface area contributed by atoms with Crippen LogP contribution < -0.4 is 0 Å². The first-order chi connectivity index (χ1) is 14.9. The van der Waals surface area contributed by atoms with Crippen LogP contribution in [0.5, 0.6) is 0 Å². The van der Waals surface area contributed by atoms with E-state index in [0.29, 0.717) is 37.5 Å². The number of carboxylic acid groups (broad SMARTS) is 1. The molecule has 1 N–H and O–H groups in total. The van der Waals surface area contributed by atoms with Gasteiger partial charge in [-0.1, -0.05) is 60.7 Å². The lowest BCUT2D eigenvalue weighted by atomic mass is 10.0. The number of nitrogens with zero attached hydrogens (tertiary/aromatic N) is 2. The standard InChI is InChI=1S/C24H26N2O4S/c27-24(28)18-22(16-19-6-2-1-3-7-19)25-12-14-26(15-13-25)31(29,30)23-11-10-20-8-4-5-9-21(20)17-23/h1-11,17,22H,12-16,18H2,(H,27,28). The number of piperazine rings is 1. The number of carbonyl (C=O) groups is 1. The lowest BCUT2D eigenvalue weighted by molar-refractivity contribution is -0.138. The lowest BCUT2D eigenvalue weighted by Gasteiger charge is -2.38. The molecule has 162 valence electrons. The van der Waals surface area contributed by atoms with Crippen LogP contribution in [-0.2, 0) is 21.2 Å². The van der Waals surface area contributed by atoms with E-state index in [1.54, 1.807) is 12.1 Å². The SMILES string of the molecule is O=C(O)CC(Cc1ccccc1)N1CCN(S(=O)(=O)c2ccc3ccccc3c2)CC1. The van der Waals surface area contributed by atoms with Gasteiger partial charge in [-0.25, -0.2) is 8.42 Å². The normalized spacial score (nSPS) is 16.9. The van der Waals surface area contributed by atoms with Crippen LogP contribution in [0.1, 0.15) is 12.0 Å². The maximum absolute atomic E-state index is 13.2. The van der Waals surface area contributed by atoms with Crippen molar-refractivity contribution >= 4 is 26.8 Å². The van der Waals surface area contributed by atoms with E-state index in [1.165, 1.54) is 4.31 Å². The number of hydrogen-bond donors (Lipinski definition) is 1. The van der Waals surface area contributed by atoms with Crippen LogP contribution in [0.25, 0.3) is 10.8 Å². The summed E-state index contributed by atoms with van der Waals surface area (Å²) in [6.45, 7) is 1.72. The Hall–Kier alpha value is -2.74. The molecule has 31 heavy (non-hydrogen) atoms. The van der Waals surface area contributed by atoms with E-state index in [9.17, 15) is 18.3 Å². The van der Waals surface area contributed by atoms with Crippen LogP contribution in [0.15, 0.2) is 77.7 Å². The monoisotopic (exact) mass is 438 g/mol. The zero-order chi connectivity index (χ0) is 21.8. The van der Waals surface area contributed by atoms with Crippen LogP contribution in [0, 0.1) is 0 Å². The maximum Gasteiger partial charge on any atom is 0.304 e. The number of aliphatic carboxylic acids is 1. The molecule has 6 nitrogen and oxygen atoms in total. The van der Waals surface area contributed by atoms with E-state index in [0.717, 1.165) is 16.3 Å². The highest BCUT2D eigenvalue weighted by molar-refractivity contribution is 7.89. The van der Waals surface area contributed by atoms with Gasteiger partial charge in [-0.3, -0.25) is 9.69 Å². The summed E-state index contributed by atoms with van der Waals surface area (Å²) in [5.74, 6) is -0.841. The molecule has 0 aliphatic carbocycles. The average Bonchev–Trinajstić information content (AvgIpc) is 2.79. The van der Waals surface area contributed by atoms with Crippen LogP contribution in [0.2, 0.25) is 0 Å². The van der Waals surface area contributed by atoms with Gasteiger partial charge in [-0.15, -0.1) is 0 Å². The van der Waals surface area contributed by atoms with E-state index in [1.807, 2.05) is 60.7 Å². The Balaban J connectivity index is 1.47. The van der Waals surface area contributed by atoms with Gasteiger partial charge < -0.3 is 5.11 Å². The third-order valence-corrected chi connectivity index (χ3v) is 7.77. The van der Waals surface area contributed by atoms with Gasteiger partial charge in [-0.05, 0) is 34.9 Å². The van der Waals surface area contributed by atoms with Crippen molar-refractivity contribution in [3.05, 3.63) is 78.4 Å². The maximum atomic E-state index is 13.2. The van der Waals surface area contributed by atoms with Crippen LogP contribution in [0.4, 0.5) is 0 Å². The highest BCUT2D eigenvalue weighted by Crippen LogP contribution is 2.24. The van der Waals surface area contributed by atoms with Crippen LogP contribution in [0.3, 0.4) is 0 Å². The molecule has 1 aliphatic heterocycles. The minimum atomic E-state index is -3.59. The van der Waals surface area contributed by atoms with Crippen molar-refractivity contribution in [1.29, 1.82) is 0 Å². The van der Waals surface area contributed by atoms with Gasteiger partial charge in [0.25, 0.3) is 0 Å². The summed E-state index contributed by atoms with van der Waals surface area (Å²) in [6, 6.07) is 22.6. The summed E-state index contributed by atoms with van der Waals surface area (Å²) < 4.78 is 27.9. The van der Waals surface area contributed by atoms with Gasteiger partial charge in [0.05, 0.1) is 11.3 Å². The number of hydrogen-bond acceptors (Lipinski definition) is 4. The molecule has 0 bridgehead atoms. The third kappa shape index (κ3) is 4.95. The minimum absolute atomic E-state index is 0.0340. The molecule has 0 saturated carbocycles. The van der Waals surface area contributed by atoms with Crippen LogP contribution >= 0.6 is 0 Å². The molecule has 3 aromatic rings. The van der Waals surface area contributed by atoms with Crippen molar-refractivity contribution in [3.8, 4) is 0 Å². The summed E-state index contributed by atoms with van der Waals surface area (Å²) in [5.41, 5.74) is 1.08. The first-order valence-corrected chi connectivity index (χ1v) is 11.9. The number of rotatable bonds is 7. The second-order valence-electron chi connectivity index (χ2n) is 7.89. The van der Waals surface area contributed by atoms with E-state index >= 15 is 0 Å². The molecule has 1 fully saturated rings. The molecule has 1 atom stereocenters. The first-order valence-electron chi connectivity index (χ1n) is 10.4. The summed E-state index contributed by atoms with van der Waals surface area (Å²) in [6.07, 6.45) is 0.664. The van der Waals surface area contributed by atoms with E-state index in [4.69, 9.17) is 0 Å². The number of sulfonamides is 1. The molecule has 4 rings (SSSR count). The first kappa shape index (κ1) is 21.5. The minimum Gasteiger partial charge on any atom is -0.481 e. The zero-order valence-electron chi connectivity index (χ0n) is 17.2. The molecule has 3 aromatic carbocycles. The second kappa shape index (κ2) is 9.18. The van der Waals surface area contributed by atoms with E-state index in [-0.39, 0.29) is 12.5 Å². The van der Waals surface area contributed by atoms with Gasteiger partial charge in [-0.2, -0.15) is 4.31 Å². The molecule has 0 amide bonds. The van der Waals surface area contributed by atoms with Crippen molar-refractivity contribution in [3.63, 3.8) is 0 Å². The van der Waals surface area contributed by atoms with Crippen LogP contribution in [-0.4, -0.2) is 60.9 Å². The van der Waals surface area contributed by atoms with Crippen molar-refractivity contribution in [2.24, 2.45) is 0 Å². The smallest absolute Gasteiger partial charge is 0.304 e. The molecule has 7 heteroatoms. The summed E-state index contributed by atoms with van der Waals surface area (Å²) >= 11 is 0. The van der Waals surface area contributed by atoms with Crippen molar-refractivity contribution in [1.82, 2.24) is 9.21 Å². The summed E-state index contributed by atoms with van der Waals surface area (Å²) in [7, 11) is -3.59. The quantitative estimate of drug-likeness (QED) is 0.613. The molecular formula is C24H26N2O4S. The molecule has 0 aromatic heterocycles. The Labute approximate surface area is 182 Å². The molecule has 1 saturated heterocycles. The topological polar surface area (TPSA) is 77.9 Å². The Kier molecular flexibility index (Phi) is 6.36. The Morgan fingerprint density at radius 3 is 2.19 bits per heavy atom. The third-order valence-electron chi connectivity index (χ3n) is 5.87. The Morgan fingerprint density at radius 1 is 0.871 bits per heavy atom. The fourth-order valence-corrected chi connectivity index (χ4v) is 5.66. The predicted molar refractivity (Wildman–Crippen MR) is 120 cm³/mol. The predicted octanol–water partition coefficient (Wildman–Crippen LogP) is 3.23. The lowest BCUT2D eigenvalue weighted by Crippen LogP contribution is -2.52. The van der Waals surface area contributed by atoms with Crippen molar-refractivity contribution < 1.29 is 18.3 Å². The Bertz CT molecular complexity index is 1160. The molecule has 1 aliphatic rings. The van der Waals surface area contributed by atoms with Gasteiger partial charge >= 0.3 is 5.97 Å². The molecular weight excluding hydrogens is 412 g/mol. The molecule has 0 spiro atoms. The number of fused-ring (bicyclic) bond motifs is 1. The van der Waals surface area contributed by atoms with Crippen molar-refractivity contribution in [2.75, 3.05) is 26.2 Å². The summed E-state index contributed by atoms with van der Waals surface area (Å²) in [4.78, 5) is 13.8. The second-order valence-corrected chi connectivity index (χ2v) is 9.83. The Morgan fingerprint density at radius 2 is 1.52 bits per heavy atom. The fourth-order valence-electron chi connectivity index (χ4n) is 4.20.